The number of ether oxygens (including phenoxy) is 2. The van der Waals surface area contributed by atoms with Gasteiger partial charge in [-0.2, -0.15) is 0 Å². The van der Waals surface area contributed by atoms with E-state index in [9.17, 15) is 14.4 Å². The monoisotopic (exact) mass is 409 g/mol. The molecule has 2 aromatic carbocycles. The molecule has 3 rings (SSSR count). The number of carbonyl (C=O) groups is 3. The summed E-state index contributed by atoms with van der Waals surface area (Å²) in [4.78, 5) is 40.1. The summed E-state index contributed by atoms with van der Waals surface area (Å²) in [5, 5.41) is 0. The Morgan fingerprint density at radius 2 is 1.83 bits per heavy atom. The molecule has 0 N–H and O–H groups in total. The van der Waals surface area contributed by atoms with E-state index in [1.807, 2.05) is 24.3 Å². The van der Waals surface area contributed by atoms with E-state index < -0.39 is 17.1 Å². The Labute approximate surface area is 176 Å². The Morgan fingerprint density at radius 1 is 1.07 bits per heavy atom. The van der Waals surface area contributed by atoms with E-state index in [0.29, 0.717) is 37.1 Å². The quantitative estimate of drug-likeness (QED) is 0.399. The van der Waals surface area contributed by atoms with Gasteiger partial charge in [0.25, 0.3) is 5.91 Å². The third-order valence-electron chi connectivity index (χ3n) is 5.48. The van der Waals surface area contributed by atoms with Crippen LogP contribution in [-0.2, 0) is 20.7 Å². The Balaban J connectivity index is 1.86. The van der Waals surface area contributed by atoms with Crippen molar-refractivity contribution in [3.8, 4) is 5.75 Å². The highest BCUT2D eigenvalue weighted by Crippen LogP contribution is 2.36. The Bertz CT molecular complexity index is 911. The molecule has 1 fully saturated rings. The second-order valence-corrected chi connectivity index (χ2v) is 7.55. The molecule has 2 aromatic rings. The van der Waals surface area contributed by atoms with Gasteiger partial charge in [0.1, 0.15) is 5.75 Å². The van der Waals surface area contributed by atoms with Crippen LogP contribution in [0.5, 0.6) is 5.75 Å². The number of esters is 1. The molecule has 0 aliphatic carbocycles. The fourth-order valence-corrected chi connectivity index (χ4v) is 4.00. The number of methoxy groups -OCH3 is 1. The highest BCUT2D eigenvalue weighted by atomic mass is 16.5. The first-order valence-corrected chi connectivity index (χ1v) is 10.2. The molecule has 0 unspecified atom stereocenters. The van der Waals surface area contributed by atoms with Crippen molar-refractivity contribution >= 4 is 17.7 Å². The lowest BCUT2D eigenvalue weighted by Crippen LogP contribution is -2.53. The van der Waals surface area contributed by atoms with Crippen LogP contribution in [0.2, 0.25) is 0 Å². The van der Waals surface area contributed by atoms with Gasteiger partial charge in [-0.1, -0.05) is 42.5 Å². The predicted octanol–water partition coefficient (Wildman–Crippen LogP) is 3.29. The summed E-state index contributed by atoms with van der Waals surface area (Å²) in [6.45, 7) is 2.62. The van der Waals surface area contributed by atoms with E-state index in [1.54, 1.807) is 44.4 Å². The number of hydrogen-bond acceptors (Lipinski definition) is 5. The fourth-order valence-electron chi connectivity index (χ4n) is 4.00. The average Bonchev–Trinajstić information content (AvgIpc) is 2.79. The molecule has 0 spiro atoms. The summed E-state index contributed by atoms with van der Waals surface area (Å²) < 4.78 is 10.7. The Hall–Kier alpha value is -3.15. The molecule has 30 heavy (non-hydrogen) atoms. The van der Waals surface area contributed by atoms with E-state index in [1.165, 1.54) is 4.90 Å². The highest BCUT2D eigenvalue weighted by molar-refractivity contribution is 6.42. The number of hydrogen-bond donors (Lipinski definition) is 0. The van der Waals surface area contributed by atoms with Crippen LogP contribution < -0.4 is 4.74 Å². The summed E-state index contributed by atoms with van der Waals surface area (Å²) in [5.41, 5.74) is 0.376. The summed E-state index contributed by atoms with van der Waals surface area (Å²) in [6, 6.07) is 16.0. The molecule has 1 saturated heterocycles. The molecule has 1 amide bonds. The summed E-state index contributed by atoms with van der Waals surface area (Å²) in [7, 11) is 1.59. The minimum Gasteiger partial charge on any atom is -0.497 e. The smallest absolute Gasteiger partial charge is 0.314 e. The number of ketones is 1. The van der Waals surface area contributed by atoms with E-state index in [2.05, 4.69) is 0 Å². The van der Waals surface area contributed by atoms with Gasteiger partial charge >= 0.3 is 5.97 Å². The first-order chi connectivity index (χ1) is 14.5. The predicted molar refractivity (Wildman–Crippen MR) is 112 cm³/mol. The molecule has 158 valence electrons. The van der Waals surface area contributed by atoms with Crippen molar-refractivity contribution in [3.63, 3.8) is 0 Å². The largest absolute Gasteiger partial charge is 0.497 e. The molecular weight excluding hydrogens is 382 g/mol. The normalized spacial score (nSPS) is 18.5. The Kier molecular flexibility index (Phi) is 6.87. The number of benzene rings is 2. The van der Waals surface area contributed by atoms with Gasteiger partial charge in [0.05, 0.1) is 19.1 Å². The molecule has 0 radical (unpaired) electrons. The molecule has 1 aliphatic rings. The zero-order valence-electron chi connectivity index (χ0n) is 17.4. The van der Waals surface area contributed by atoms with Crippen molar-refractivity contribution < 1.29 is 23.9 Å². The first-order valence-electron chi connectivity index (χ1n) is 10.2. The summed E-state index contributed by atoms with van der Waals surface area (Å²) in [5.74, 6) is -0.774. The lowest BCUT2D eigenvalue weighted by Gasteiger charge is -2.40. The molecule has 1 atom stereocenters. The van der Waals surface area contributed by atoms with Crippen LogP contribution in [0.1, 0.15) is 35.7 Å². The van der Waals surface area contributed by atoms with Crippen molar-refractivity contribution in [2.24, 2.45) is 5.41 Å². The van der Waals surface area contributed by atoms with Crippen LogP contribution in [0.25, 0.3) is 0 Å². The zero-order valence-corrected chi connectivity index (χ0v) is 17.4. The maximum Gasteiger partial charge on any atom is 0.314 e. The molecular formula is C24H27NO5. The van der Waals surface area contributed by atoms with E-state index in [0.717, 1.165) is 5.56 Å². The topological polar surface area (TPSA) is 72.9 Å². The van der Waals surface area contributed by atoms with Gasteiger partial charge in [-0.15, -0.1) is 0 Å². The van der Waals surface area contributed by atoms with Gasteiger partial charge in [0.2, 0.25) is 5.78 Å². The number of likely N-dealkylation sites (tertiary alicyclic amines) is 1. The van der Waals surface area contributed by atoms with Crippen LogP contribution in [-0.4, -0.2) is 49.4 Å². The van der Waals surface area contributed by atoms with Crippen molar-refractivity contribution in [2.75, 3.05) is 26.8 Å². The lowest BCUT2D eigenvalue weighted by atomic mass is 9.75. The van der Waals surface area contributed by atoms with E-state index in [-0.39, 0.29) is 19.1 Å². The molecule has 0 bridgehead atoms. The molecule has 6 nitrogen and oxygen atoms in total. The van der Waals surface area contributed by atoms with Gasteiger partial charge in [-0.05, 0) is 43.9 Å². The fraction of sp³-hybridized carbons (Fsp3) is 0.375. The molecule has 6 heteroatoms. The molecule has 0 saturated carbocycles. The van der Waals surface area contributed by atoms with E-state index >= 15 is 0 Å². The minimum absolute atomic E-state index is 0.153. The van der Waals surface area contributed by atoms with Crippen LogP contribution >= 0.6 is 0 Å². The van der Waals surface area contributed by atoms with Crippen LogP contribution in [0.3, 0.4) is 0 Å². The second kappa shape index (κ2) is 9.57. The third-order valence-corrected chi connectivity index (χ3v) is 5.48. The van der Waals surface area contributed by atoms with Crippen LogP contribution in [0.15, 0.2) is 54.6 Å². The first kappa shape index (κ1) is 21.6. The molecule has 0 aromatic heterocycles. The zero-order chi connectivity index (χ0) is 21.6. The maximum atomic E-state index is 13.0. The van der Waals surface area contributed by atoms with Crippen LogP contribution in [0, 0.1) is 5.41 Å². The number of nitrogens with zero attached hydrogens (tertiary/aromatic N) is 1. The third kappa shape index (κ3) is 4.70. The number of carbonyl (C=O) groups excluding carboxylic acids is 3. The van der Waals surface area contributed by atoms with Gasteiger partial charge in [-0.3, -0.25) is 14.4 Å². The number of piperidine rings is 1. The second-order valence-electron chi connectivity index (χ2n) is 7.55. The summed E-state index contributed by atoms with van der Waals surface area (Å²) in [6.07, 6.45) is 1.62. The maximum absolute atomic E-state index is 13.0. The van der Waals surface area contributed by atoms with Gasteiger partial charge in [-0.25, -0.2) is 0 Å². The minimum atomic E-state index is -0.896. The van der Waals surface area contributed by atoms with E-state index in [4.69, 9.17) is 9.47 Å². The van der Waals surface area contributed by atoms with Crippen LogP contribution in [0.4, 0.5) is 0 Å². The standard InChI is InChI=1S/C24H27NO5/c1-3-30-23(28)24(16-18-9-7-12-20(15-18)29-2)13-8-14-25(17-24)22(27)21(26)19-10-5-4-6-11-19/h4-7,9-12,15H,3,8,13-14,16-17H2,1-2H3/t24-/m0/s1. The summed E-state index contributed by atoms with van der Waals surface area (Å²) >= 11 is 0. The van der Waals surface area contributed by atoms with Gasteiger partial charge < -0.3 is 14.4 Å². The SMILES string of the molecule is CCOC(=O)[C@]1(Cc2cccc(OC)c2)CCCN(C(=O)C(=O)c2ccccc2)C1. The highest BCUT2D eigenvalue weighted by Gasteiger charge is 2.45. The lowest BCUT2D eigenvalue weighted by molar-refractivity contribution is -0.160. The molecule has 1 heterocycles. The van der Waals surface area contributed by atoms with Gasteiger partial charge in [0, 0.05) is 18.7 Å². The number of rotatable bonds is 7. The van der Waals surface area contributed by atoms with Crippen molar-refractivity contribution in [1.29, 1.82) is 0 Å². The average molecular weight is 409 g/mol. The number of amides is 1. The number of Topliss-reactive ketones (excluding diaryl/α,β-unsaturated/α-hetero) is 1. The van der Waals surface area contributed by atoms with Gasteiger partial charge in [0.15, 0.2) is 0 Å². The van der Waals surface area contributed by atoms with Crippen molar-refractivity contribution in [2.45, 2.75) is 26.2 Å². The Morgan fingerprint density at radius 3 is 2.53 bits per heavy atom. The van der Waals surface area contributed by atoms with Crippen molar-refractivity contribution in [1.82, 2.24) is 4.90 Å². The molecule has 1 aliphatic heterocycles. The van der Waals surface area contributed by atoms with Crippen molar-refractivity contribution in [3.05, 3.63) is 65.7 Å².